The normalized spacial score (nSPS) is 10.5. The van der Waals surface area contributed by atoms with E-state index >= 15 is 0 Å². The summed E-state index contributed by atoms with van der Waals surface area (Å²) in [6, 6.07) is 0. The second-order valence-electron chi connectivity index (χ2n) is 2.81. The first-order valence-electron chi connectivity index (χ1n) is 3.83. The molecular formula is C7H9N5S. The van der Waals surface area contributed by atoms with Crippen molar-refractivity contribution in [2.75, 3.05) is 0 Å². The van der Waals surface area contributed by atoms with Gasteiger partial charge in [0.2, 0.25) is 0 Å². The Bertz CT molecular complexity index is 451. The van der Waals surface area contributed by atoms with Crippen molar-refractivity contribution in [3.63, 3.8) is 0 Å². The Hall–Kier alpha value is -1.43. The van der Waals surface area contributed by atoms with Crippen molar-refractivity contribution in [1.29, 1.82) is 0 Å². The van der Waals surface area contributed by atoms with Crippen LogP contribution in [-0.4, -0.2) is 24.5 Å². The molecule has 5 nitrogen and oxygen atoms in total. The Morgan fingerprint density at radius 1 is 1.62 bits per heavy atom. The topological polar surface area (TPSA) is 51.4 Å². The molecule has 0 aliphatic heterocycles. The van der Waals surface area contributed by atoms with Crippen LogP contribution >= 0.6 is 12.2 Å². The van der Waals surface area contributed by atoms with Gasteiger partial charge in [0.25, 0.3) is 0 Å². The van der Waals surface area contributed by atoms with Crippen molar-refractivity contribution >= 4 is 12.2 Å². The first kappa shape index (κ1) is 8.18. The summed E-state index contributed by atoms with van der Waals surface area (Å²) < 4.78 is 4.25. The molecule has 0 bridgehead atoms. The van der Waals surface area contributed by atoms with Gasteiger partial charge in [-0.1, -0.05) is 0 Å². The Labute approximate surface area is 80.0 Å². The maximum Gasteiger partial charge on any atom is 0.195 e. The lowest BCUT2D eigenvalue weighted by molar-refractivity contribution is 0.759. The molecule has 0 aliphatic rings. The fraction of sp³-hybridized carbons (Fsp3) is 0.286. The third-order valence-corrected chi connectivity index (χ3v) is 2.06. The van der Waals surface area contributed by atoms with E-state index in [0.717, 1.165) is 5.56 Å². The standard InChI is InChI=1S/C7H9N5S/c1-11-3-6(2-9-11)4-12-5-8-10-7(12)13/h2-3,5H,4H2,1H3,(H,10,13). The molecule has 0 atom stereocenters. The van der Waals surface area contributed by atoms with Crippen molar-refractivity contribution in [2.24, 2.45) is 7.05 Å². The third-order valence-electron chi connectivity index (χ3n) is 1.73. The molecule has 2 heterocycles. The number of hydrogen-bond acceptors (Lipinski definition) is 3. The summed E-state index contributed by atoms with van der Waals surface area (Å²) in [7, 11) is 1.89. The summed E-state index contributed by atoms with van der Waals surface area (Å²) >= 11 is 5.01. The van der Waals surface area contributed by atoms with Gasteiger partial charge in [0.05, 0.1) is 12.7 Å². The smallest absolute Gasteiger partial charge is 0.195 e. The van der Waals surface area contributed by atoms with E-state index in [2.05, 4.69) is 15.3 Å². The first-order valence-corrected chi connectivity index (χ1v) is 4.24. The second-order valence-corrected chi connectivity index (χ2v) is 3.20. The summed E-state index contributed by atoms with van der Waals surface area (Å²) in [6.45, 7) is 0.711. The van der Waals surface area contributed by atoms with Crippen LogP contribution in [-0.2, 0) is 13.6 Å². The van der Waals surface area contributed by atoms with E-state index in [-0.39, 0.29) is 0 Å². The van der Waals surface area contributed by atoms with Gasteiger partial charge in [0.1, 0.15) is 6.33 Å². The minimum Gasteiger partial charge on any atom is -0.302 e. The maximum absolute atomic E-state index is 5.01. The minimum atomic E-state index is 0.629. The molecule has 2 aromatic rings. The quantitative estimate of drug-likeness (QED) is 0.718. The molecule has 1 N–H and O–H groups in total. The summed E-state index contributed by atoms with van der Waals surface area (Å²) in [4.78, 5) is 0. The number of aromatic amines is 1. The van der Waals surface area contributed by atoms with Gasteiger partial charge in [0, 0.05) is 18.8 Å². The SMILES string of the molecule is Cn1cc(Cn2cn[nH]c2=S)cn1. The molecule has 13 heavy (non-hydrogen) atoms. The highest BCUT2D eigenvalue weighted by atomic mass is 32.1. The van der Waals surface area contributed by atoms with Gasteiger partial charge in [-0.3, -0.25) is 9.78 Å². The molecule has 2 rings (SSSR count). The van der Waals surface area contributed by atoms with Crippen LogP contribution in [0.2, 0.25) is 0 Å². The predicted octanol–water partition coefficient (Wildman–Crippen LogP) is 0.722. The monoisotopic (exact) mass is 195 g/mol. The summed E-state index contributed by atoms with van der Waals surface area (Å²) in [5, 5.41) is 10.6. The molecule has 0 aliphatic carbocycles. The van der Waals surface area contributed by atoms with E-state index in [4.69, 9.17) is 12.2 Å². The van der Waals surface area contributed by atoms with Crippen LogP contribution in [0.4, 0.5) is 0 Å². The highest BCUT2D eigenvalue weighted by Gasteiger charge is 1.98. The molecule has 68 valence electrons. The van der Waals surface area contributed by atoms with Gasteiger partial charge in [0.15, 0.2) is 4.77 Å². The molecule has 0 fully saturated rings. The average Bonchev–Trinajstić information content (AvgIpc) is 2.64. The number of nitrogens with zero attached hydrogens (tertiary/aromatic N) is 4. The van der Waals surface area contributed by atoms with Crippen LogP contribution < -0.4 is 0 Å². The molecule has 0 saturated carbocycles. The van der Waals surface area contributed by atoms with E-state index in [9.17, 15) is 0 Å². The number of rotatable bonds is 2. The van der Waals surface area contributed by atoms with Crippen LogP contribution in [0.15, 0.2) is 18.7 Å². The maximum atomic E-state index is 5.01. The van der Waals surface area contributed by atoms with Crippen molar-refractivity contribution < 1.29 is 0 Å². The van der Waals surface area contributed by atoms with Crippen molar-refractivity contribution in [1.82, 2.24) is 24.5 Å². The van der Waals surface area contributed by atoms with Crippen LogP contribution in [0.1, 0.15) is 5.56 Å². The molecule has 6 heteroatoms. The van der Waals surface area contributed by atoms with Gasteiger partial charge < -0.3 is 4.57 Å². The van der Waals surface area contributed by atoms with Crippen LogP contribution in [0.5, 0.6) is 0 Å². The third kappa shape index (κ3) is 1.67. The van der Waals surface area contributed by atoms with E-state index < -0.39 is 0 Å². The Kier molecular flexibility index (Phi) is 1.97. The highest BCUT2D eigenvalue weighted by molar-refractivity contribution is 7.71. The zero-order valence-corrected chi connectivity index (χ0v) is 7.95. The highest BCUT2D eigenvalue weighted by Crippen LogP contribution is 2.00. The lowest BCUT2D eigenvalue weighted by Gasteiger charge is -1.95. The van der Waals surface area contributed by atoms with E-state index in [1.54, 1.807) is 11.0 Å². The molecule has 0 saturated heterocycles. The van der Waals surface area contributed by atoms with Gasteiger partial charge in [-0.25, -0.2) is 0 Å². The summed E-state index contributed by atoms with van der Waals surface area (Å²) in [5.74, 6) is 0. The second kappa shape index (κ2) is 3.14. The van der Waals surface area contributed by atoms with Crippen molar-refractivity contribution in [3.05, 3.63) is 29.1 Å². The van der Waals surface area contributed by atoms with Crippen LogP contribution in [0.25, 0.3) is 0 Å². The molecule has 0 amide bonds. The summed E-state index contributed by atoms with van der Waals surface area (Å²) in [5.41, 5.74) is 1.11. The van der Waals surface area contributed by atoms with E-state index in [1.165, 1.54) is 0 Å². The van der Waals surface area contributed by atoms with Gasteiger partial charge in [-0.15, -0.1) is 0 Å². The van der Waals surface area contributed by atoms with Crippen LogP contribution in [0.3, 0.4) is 0 Å². The van der Waals surface area contributed by atoms with E-state index in [1.807, 2.05) is 24.0 Å². The zero-order valence-electron chi connectivity index (χ0n) is 7.14. The lowest BCUT2D eigenvalue weighted by Crippen LogP contribution is -1.96. The zero-order chi connectivity index (χ0) is 9.26. The van der Waals surface area contributed by atoms with Crippen molar-refractivity contribution in [3.8, 4) is 0 Å². The van der Waals surface area contributed by atoms with Crippen molar-refractivity contribution in [2.45, 2.75) is 6.54 Å². The van der Waals surface area contributed by atoms with Gasteiger partial charge in [-0.2, -0.15) is 10.2 Å². The Morgan fingerprint density at radius 2 is 2.46 bits per heavy atom. The summed E-state index contributed by atoms with van der Waals surface area (Å²) in [6.07, 6.45) is 5.44. The fourth-order valence-electron chi connectivity index (χ4n) is 1.13. The number of nitrogens with one attached hydrogen (secondary N) is 1. The molecule has 0 aromatic carbocycles. The molecule has 0 spiro atoms. The minimum absolute atomic E-state index is 0.629. The van der Waals surface area contributed by atoms with E-state index in [0.29, 0.717) is 11.3 Å². The number of aromatic nitrogens is 5. The van der Waals surface area contributed by atoms with Gasteiger partial charge >= 0.3 is 0 Å². The molecule has 0 unspecified atom stereocenters. The molecule has 0 radical (unpaired) electrons. The number of hydrogen-bond donors (Lipinski definition) is 1. The lowest BCUT2D eigenvalue weighted by atomic mass is 10.4. The largest absolute Gasteiger partial charge is 0.302 e. The van der Waals surface area contributed by atoms with Gasteiger partial charge in [-0.05, 0) is 12.2 Å². The molecular weight excluding hydrogens is 186 g/mol. The predicted molar refractivity (Wildman–Crippen MR) is 49.7 cm³/mol. The number of H-pyrrole nitrogens is 1. The number of aryl methyl sites for hydroxylation is 1. The molecule has 2 aromatic heterocycles. The fourth-order valence-corrected chi connectivity index (χ4v) is 1.30. The first-order chi connectivity index (χ1) is 6.25. The van der Waals surface area contributed by atoms with Crippen LogP contribution in [0, 0.1) is 4.77 Å². The average molecular weight is 195 g/mol. The Balaban J connectivity index is 2.24. The Morgan fingerprint density at radius 3 is 3.00 bits per heavy atom.